The minimum atomic E-state index is -0.354. The first kappa shape index (κ1) is 18.3. The van der Waals surface area contributed by atoms with Crippen LogP contribution in [0.2, 0.25) is 10.0 Å². The maximum atomic E-state index is 12.3. The van der Waals surface area contributed by atoms with Crippen molar-refractivity contribution in [2.75, 3.05) is 5.32 Å². The van der Waals surface area contributed by atoms with E-state index in [4.69, 9.17) is 23.2 Å². The molecular weight excluding hydrogens is 347 g/mol. The highest BCUT2D eigenvalue weighted by molar-refractivity contribution is 6.40. The van der Waals surface area contributed by atoms with E-state index in [1.54, 1.807) is 42.5 Å². The van der Waals surface area contributed by atoms with Crippen LogP contribution in [-0.2, 0) is 0 Å². The molecule has 126 valence electrons. The molecule has 0 radical (unpaired) electrons. The van der Waals surface area contributed by atoms with Gasteiger partial charge in [0.25, 0.3) is 11.8 Å². The molecule has 0 aliphatic heterocycles. The van der Waals surface area contributed by atoms with E-state index in [-0.39, 0.29) is 17.4 Å². The van der Waals surface area contributed by atoms with E-state index in [1.807, 2.05) is 20.8 Å². The number of rotatable bonds is 3. The standard InChI is InChI=1S/C18H18Cl2N2O2/c1-18(2,3)22-17(24)12-9-7-11(8-10-12)16(23)21-15-13(19)5-4-6-14(15)20/h4-10H,1-3H3,(H,21,23)(H,22,24). The topological polar surface area (TPSA) is 58.2 Å². The summed E-state index contributed by atoms with van der Waals surface area (Å²) < 4.78 is 0. The van der Waals surface area contributed by atoms with Gasteiger partial charge in [-0.2, -0.15) is 0 Å². The van der Waals surface area contributed by atoms with Crippen molar-refractivity contribution in [1.29, 1.82) is 0 Å². The fourth-order valence-electron chi connectivity index (χ4n) is 1.99. The lowest BCUT2D eigenvalue weighted by atomic mass is 10.1. The molecule has 0 saturated carbocycles. The lowest BCUT2D eigenvalue weighted by Crippen LogP contribution is -2.40. The average molecular weight is 365 g/mol. The second kappa shape index (κ2) is 7.24. The summed E-state index contributed by atoms with van der Waals surface area (Å²) in [6.45, 7) is 5.71. The Labute approximate surface area is 151 Å². The van der Waals surface area contributed by atoms with E-state index >= 15 is 0 Å². The van der Waals surface area contributed by atoms with Gasteiger partial charge in [0, 0.05) is 16.7 Å². The molecular formula is C18H18Cl2N2O2. The average Bonchev–Trinajstić information content (AvgIpc) is 2.49. The van der Waals surface area contributed by atoms with Crippen LogP contribution in [0.25, 0.3) is 0 Å². The van der Waals surface area contributed by atoms with E-state index in [0.717, 1.165) is 0 Å². The Hall–Kier alpha value is -2.04. The number of hydrogen-bond donors (Lipinski definition) is 2. The van der Waals surface area contributed by atoms with Crippen molar-refractivity contribution in [3.05, 3.63) is 63.6 Å². The SMILES string of the molecule is CC(C)(C)NC(=O)c1ccc(C(=O)Nc2c(Cl)cccc2Cl)cc1. The number of nitrogens with one attached hydrogen (secondary N) is 2. The van der Waals surface area contributed by atoms with Crippen LogP contribution in [-0.4, -0.2) is 17.4 Å². The van der Waals surface area contributed by atoms with Crippen LogP contribution in [0, 0.1) is 0 Å². The first-order valence-electron chi connectivity index (χ1n) is 7.35. The molecule has 0 saturated heterocycles. The number of carbonyl (C=O) groups excluding carboxylic acids is 2. The number of amides is 2. The number of anilines is 1. The Morgan fingerprint density at radius 1 is 0.833 bits per heavy atom. The molecule has 2 rings (SSSR count). The summed E-state index contributed by atoms with van der Waals surface area (Å²) in [5.74, 6) is -0.545. The van der Waals surface area contributed by atoms with Crippen LogP contribution in [0.4, 0.5) is 5.69 Å². The predicted molar refractivity (Wildman–Crippen MR) is 98.1 cm³/mol. The van der Waals surface area contributed by atoms with Gasteiger partial charge in [0.2, 0.25) is 0 Å². The maximum absolute atomic E-state index is 12.3. The van der Waals surface area contributed by atoms with Gasteiger partial charge in [-0.15, -0.1) is 0 Å². The lowest BCUT2D eigenvalue weighted by Gasteiger charge is -2.20. The van der Waals surface area contributed by atoms with Crippen molar-refractivity contribution in [2.45, 2.75) is 26.3 Å². The largest absolute Gasteiger partial charge is 0.347 e. The van der Waals surface area contributed by atoms with Gasteiger partial charge in [0.1, 0.15) is 0 Å². The Balaban J connectivity index is 2.13. The molecule has 0 fully saturated rings. The summed E-state index contributed by atoms with van der Waals surface area (Å²) in [7, 11) is 0. The Morgan fingerprint density at radius 3 is 1.75 bits per heavy atom. The Bertz CT molecular complexity index is 745. The van der Waals surface area contributed by atoms with Gasteiger partial charge < -0.3 is 10.6 Å². The minimum absolute atomic E-state index is 0.191. The van der Waals surface area contributed by atoms with Gasteiger partial charge in [-0.1, -0.05) is 29.3 Å². The van der Waals surface area contributed by atoms with Crippen LogP contribution < -0.4 is 10.6 Å². The van der Waals surface area contributed by atoms with Crippen molar-refractivity contribution in [1.82, 2.24) is 5.32 Å². The molecule has 6 heteroatoms. The summed E-state index contributed by atoms with van der Waals surface area (Å²) in [5, 5.41) is 6.26. The zero-order chi connectivity index (χ0) is 17.9. The molecule has 2 aromatic rings. The molecule has 24 heavy (non-hydrogen) atoms. The van der Waals surface area contributed by atoms with Gasteiger partial charge >= 0.3 is 0 Å². The lowest BCUT2D eigenvalue weighted by molar-refractivity contribution is 0.0918. The van der Waals surface area contributed by atoms with Gasteiger partial charge in [0.15, 0.2) is 0 Å². The Kier molecular flexibility index (Phi) is 5.52. The van der Waals surface area contributed by atoms with Crippen LogP contribution >= 0.6 is 23.2 Å². The van der Waals surface area contributed by atoms with Crippen molar-refractivity contribution in [2.24, 2.45) is 0 Å². The third kappa shape index (κ3) is 4.73. The van der Waals surface area contributed by atoms with Gasteiger partial charge in [-0.25, -0.2) is 0 Å². The molecule has 0 aliphatic rings. The van der Waals surface area contributed by atoms with Crippen LogP contribution in [0.3, 0.4) is 0 Å². The third-order valence-corrected chi connectivity index (χ3v) is 3.73. The summed E-state index contributed by atoms with van der Waals surface area (Å²) in [6, 6.07) is 11.3. The Morgan fingerprint density at radius 2 is 1.29 bits per heavy atom. The zero-order valence-corrected chi connectivity index (χ0v) is 15.1. The van der Waals surface area contributed by atoms with E-state index in [9.17, 15) is 9.59 Å². The molecule has 0 heterocycles. The smallest absolute Gasteiger partial charge is 0.255 e. The van der Waals surface area contributed by atoms with E-state index in [2.05, 4.69) is 10.6 Å². The highest BCUT2D eigenvalue weighted by Gasteiger charge is 2.16. The van der Waals surface area contributed by atoms with Crippen molar-refractivity contribution in [3.8, 4) is 0 Å². The predicted octanol–water partition coefficient (Wildman–Crippen LogP) is 4.77. The molecule has 0 aromatic heterocycles. The summed E-state index contributed by atoms with van der Waals surface area (Å²) in [5.41, 5.74) is 0.921. The van der Waals surface area contributed by atoms with E-state index in [1.165, 1.54) is 0 Å². The van der Waals surface area contributed by atoms with Crippen molar-refractivity contribution < 1.29 is 9.59 Å². The van der Waals surface area contributed by atoms with Crippen LogP contribution in [0.5, 0.6) is 0 Å². The number of hydrogen-bond acceptors (Lipinski definition) is 2. The number of para-hydroxylation sites is 1. The normalized spacial score (nSPS) is 11.0. The fourth-order valence-corrected chi connectivity index (χ4v) is 2.48. The molecule has 0 bridgehead atoms. The van der Waals surface area contributed by atoms with Crippen molar-refractivity contribution >= 4 is 40.7 Å². The fraction of sp³-hybridized carbons (Fsp3) is 0.222. The molecule has 0 atom stereocenters. The first-order valence-corrected chi connectivity index (χ1v) is 8.11. The summed E-state index contributed by atoms with van der Waals surface area (Å²) >= 11 is 12.1. The second-order valence-electron chi connectivity index (χ2n) is 6.33. The molecule has 2 N–H and O–H groups in total. The number of carbonyl (C=O) groups is 2. The van der Waals surface area contributed by atoms with Gasteiger partial charge in [-0.3, -0.25) is 9.59 Å². The minimum Gasteiger partial charge on any atom is -0.347 e. The van der Waals surface area contributed by atoms with E-state index in [0.29, 0.717) is 26.9 Å². The van der Waals surface area contributed by atoms with Gasteiger partial charge in [-0.05, 0) is 57.2 Å². The number of halogens is 2. The highest BCUT2D eigenvalue weighted by Crippen LogP contribution is 2.30. The quantitative estimate of drug-likeness (QED) is 0.823. The monoisotopic (exact) mass is 364 g/mol. The molecule has 0 unspecified atom stereocenters. The second-order valence-corrected chi connectivity index (χ2v) is 7.15. The molecule has 4 nitrogen and oxygen atoms in total. The molecule has 0 spiro atoms. The highest BCUT2D eigenvalue weighted by atomic mass is 35.5. The molecule has 2 amide bonds. The summed E-state index contributed by atoms with van der Waals surface area (Å²) in [4.78, 5) is 24.4. The van der Waals surface area contributed by atoms with Crippen molar-refractivity contribution in [3.63, 3.8) is 0 Å². The van der Waals surface area contributed by atoms with Gasteiger partial charge in [0.05, 0.1) is 15.7 Å². The van der Waals surface area contributed by atoms with Crippen LogP contribution in [0.15, 0.2) is 42.5 Å². The van der Waals surface area contributed by atoms with Crippen LogP contribution in [0.1, 0.15) is 41.5 Å². The zero-order valence-electron chi connectivity index (χ0n) is 13.6. The number of benzene rings is 2. The molecule has 2 aromatic carbocycles. The maximum Gasteiger partial charge on any atom is 0.255 e. The summed E-state index contributed by atoms with van der Waals surface area (Å²) in [6.07, 6.45) is 0. The third-order valence-electron chi connectivity index (χ3n) is 3.10. The van der Waals surface area contributed by atoms with E-state index < -0.39 is 0 Å². The first-order chi connectivity index (χ1) is 11.2. The molecule has 0 aliphatic carbocycles.